The Morgan fingerprint density at radius 3 is 2.14 bits per heavy atom. The molecule has 3 rings (SSSR count). The summed E-state index contributed by atoms with van der Waals surface area (Å²) >= 11 is 0. The van der Waals surface area contributed by atoms with Crippen LogP contribution in [0.4, 0.5) is 26.3 Å². The molecule has 3 saturated carbocycles. The predicted octanol–water partition coefficient (Wildman–Crippen LogP) is 7.71. The Balaban J connectivity index is 1.99. The molecule has 0 bridgehead atoms. The van der Waals surface area contributed by atoms with Crippen LogP contribution >= 0.6 is 0 Å². The first kappa shape index (κ1) is 27.0. The van der Waals surface area contributed by atoms with E-state index in [2.05, 4.69) is 0 Å². The van der Waals surface area contributed by atoms with Gasteiger partial charge in [0.25, 0.3) is 5.60 Å². The lowest BCUT2D eigenvalue weighted by atomic mass is 9.55. The Morgan fingerprint density at radius 1 is 0.952 bits per heavy atom. The van der Waals surface area contributed by atoms with Crippen molar-refractivity contribution in [2.24, 2.45) is 22.7 Å². The maximum atomic E-state index is 13.5. The average molecular weight is 617 g/mol. The molecule has 1 unspecified atom stereocenters. The normalized spacial score (nSPS) is 35.0. The van der Waals surface area contributed by atoms with Crippen LogP contribution in [0.2, 0.25) is 0 Å². The van der Waals surface area contributed by atoms with Crippen molar-refractivity contribution in [3.63, 3.8) is 0 Å². The fourth-order valence-corrected chi connectivity index (χ4v) is 7.93. The third kappa shape index (κ3) is 7.83. The molecule has 0 amide bonds. The van der Waals surface area contributed by atoms with E-state index in [0.29, 0.717) is 44.6 Å². The molecular formula is C32H48F6O4. The van der Waals surface area contributed by atoms with E-state index < -0.39 is 66.7 Å². The molecule has 0 spiro atoms. The first-order valence-electron chi connectivity index (χ1n) is 17.6. The molecule has 0 aromatic rings. The van der Waals surface area contributed by atoms with Gasteiger partial charge in [-0.15, -0.1) is 0 Å². The smallest absolute Gasteiger partial charge is 0.393 e. The van der Waals surface area contributed by atoms with Gasteiger partial charge in [-0.1, -0.05) is 49.6 Å². The van der Waals surface area contributed by atoms with Gasteiger partial charge in [0.2, 0.25) is 0 Å². The van der Waals surface area contributed by atoms with E-state index in [1.165, 1.54) is 0 Å². The van der Waals surface area contributed by atoms with Crippen molar-refractivity contribution in [2.75, 3.05) is 0 Å². The molecule has 6 atom stereocenters. The zero-order valence-corrected chi connectivity index (χ0v) is 24.2. The summed E-state index contributed by atoms with van der Waals surface area (Å²) in [5.41, 5.74) is -7.75. The van der Waals surface area contributed by atoms with Crippen molar-refractivity contribution < 1.29 is 55.0 Å². The second kappa shape index (κ2) is 12.6. The second-order valence-corrected chi connectivity index (χ2v) is 13.3. The lowest BCUT2D eigenvalue weighted by Crippen LogP contribution is -2.55. The van der Waals surface area contributed by atoms with Crippen molar-refractivity contribution in [1.29, 1.82) is 0 Å². The number of hydrogen-bond donors (Lipinski definition) is 4. The van der Waals surface area contributed by atoms with Gasteiger partial charge in [-0.25, -0.2) is 0 Å². The van der Waals surface area contributed by atoms with Gasteiger partial charge >= 0.3 is 12.4 Å². The summed E-state index contributed by atoms with van der Waals surface area (Å²) in [6.45, 7) is -2.90. The van der Waals surface area contributed by atoms with Crippen LogP contribution in [0.15, 0.2) is 35.5 Å². The van der Waals surface area contributed by atoms with Crippen LogP contribution in [0.5, 0.6) is 0 Å². The maximum absolute atomic E-state index is 13.5. The van der Waals surface area contributed by atoms with E-state index in [-0.39, 0.29) is 37.2 Å². The zero-order valence-electron chi connectivity index (χ0n) is 30.2. The van der Waals surface area contributed by atoms with Crippen LogP contribution in [0.1, 0.15) is 113 Å². The van der Waals surface area contributed by atoms with E-state index in [4.69, 9.17) is 8.22 Å². The van der Waals surface area contributed by atoms with Crippen molar-refractivity contribution in [3.8, 4) is 0 Å². The third-order valence-electron chi connectivity index (χ3n) is 9.97. The second-order valence-electron chi connectivity index (χ2n) is 13.3. The number of aliphatic hydroxyl groups is 4. The number of rotatable bonds is 9. The van der Waals surface area contributed by atoms with Crippen LogP contribution in [-0.4, -0.2) is 56.2 Å². The molecule has 0 aromatic heterocycles. The van der Waals surface area contributed by atoms with Crippen LogP contribution in [-0.2, 0) is 0 Å². The Hall–Kier alpha value is -1.36. The summed E-state index contributed by atoms with van der Waals surface area (Å²) in [5, 5.41) is 40.7. The number of fused-ring (bicyclic) bond motifs is 1. The van der Waals surface area contributed by atoms with Crippen molar-refractivity contribution in [2.45, 2.75) is 140 Å². The van der Waals surface area contributed by atoms with E-state index in [1.54, 1.807) is 6.92 Å². The Morgan fingerprint density at radius 2 is 1.57 bits per heavy atom. The van der Waals surface area contributed by atoms with Gasteiger partial charge < -0.3 is 20.4 Å². The molecule has 3 aliphatic carbocycles. The molecule has 0 radical (unpaired) electrons. The molecule has 4 nitrogen and oxygen atoms in total. The lowest BCUT2D eigenvalue weighted by molar-refractivity contribution is -0.347. The molecule has 42 heavy (non-hydrogen) atoms. The van der Waals surface area contributed by atoms with E-state index in [0.717, 1.165) is 24.0 Å². The molecule has 242 valence electrons. The predicted molar refractivity (Wildman–Crippen MR) is 149 cm³/mol. The molecule has 0 heterocycles. The first-order valence-corrected chi connectivity index (χ1v) is 14.6. The van der Waals surface area contributed by atoms with Crippen LogP contribution < -0.4 is 0 Å². The SMILES string of the molecule is [2H]C([2H])([2H])C(O)(CCC[C@@](C)(C/C=C/C(O)(C(F)(F)F)C(F)(F)F)[C@H]1CCC2/C(=C/C=C3C[C@@H](O)C[C@H](O)C3)CCC[C@@]21C)C([2H])([2H])[2H]. The fraction of sp³-hybridized carbons (Fsp3) is 0.812. The minimum Gasteiger partial charge on any atom is -0.393 e. The molecule has 0 aliphatic heterocycles. The number of aliphatic hydroxyl groups excluding tert-OH is 2. The Kier molecular flexibility index (Phi) is 8.07. The van der Waals surface area contributed by atoms with Gasteiger partial charge in [0.1, 0.15) is 0 Å². The third-order valence-corrected chi connectivity index (χ3v) is 9.97. The molecule has 0 aromatic carbocycles. The maximum Gasteiger partial charge on any atom is 0.429 e. The van der Waals surface area contributed by atoms with Crippen LogP contribution in [0, 0.1) is 22.7 Å². The van der Waals surface area contributed by atoms with Gasteiger partial charge in [0, 0.05) is 8.22 Å². The highest BCUT2D eigenvalue weighted by Crippen LogP contribution is 2.64. The number of halogens is 6. The van der Waals surface area contributed by atoms with E-state index >= 15 is 0 Å². The average Bonchev–Trinajstić information content (AvgIpc) is 3.27. The quantitative estimate of drug-likeness (QED) is 0.158. The summed E-state index contributed by atoms with van der Waals surface area (Å²) < 4.78 is 127. The highest BCUT2D eigenvalue weighted by molar-refractivity contribution is 5.27. The lowest BCUT2D eigenvalue weighted by Gasteiger charge is -2.49. The van der Waals surface area contributed by atoms with Crippen LogP contribution in [0.3, 0.4) is 0 Å². The fourth-order valence-electron chi connectivity index (χ4n) is 7.93. The molecule has 0 saturated heterocycles. The summed E-state index contributed by atoms with van der Waals surface area (Å²) in [7, 11) is 0. The van der Waals surface area contributed by atoms with Gasteiger partial charge in [0.05, 0.1) is 17.8 Å². The minimum atomic E-state index is -6.06. The van der Waals surface area contributed by atoms with Crippen molar-refractivity contribution in [1.82, 2.24) is 0 Å². The highest BCUT2D eigenvalue weighted by Gasteiger charge is 2.69. The molecular weight excluding hydrogens is 562 g/mol. The number of alkyl halides is 6. The van der Waals surface area contributed by atoms with Gasteiger partial charge in [-0.3, -0.25) is 0 Å². The number of hydrogen-bond acceptors (Lipinski definition) is 4. The molecule has 10 heteroatoms. The van der Waals surface area contributed by atoms with Gasteiger partial charge in [0.15, 0.2) is 0 Å². The standard InChI is InChI=1S/C32H48F6O4/c1-27(2,41)13-6-14-28(3,15-7-17-30(42,31(33,34)35)32(36,37)38)26-12-11-25-22(8-5-16-29(25,26)4)10-9-21-18-23(39)20-24(40)19-21/h7,9-10,17,23-26,39-42H,5-6,8,11-16,18-20H2,1-4H3/b17-7+,22-10+/t23-,24-,25?,26-,28+,29+/m1/s1/i1D3,2D3. The summed E-state index contributed by atoms with van der Waals surface area (Å²) in [4.78, 5) is 0. The number of allylic oxidation sites excluding steroid dienone is 4. The zero-order chi connectivity index (χ0) is 36.8. The van der Waals surface area contributed by atoms with E-state index in [1.807, 2.05) is 19.1 Å². The Labute approximate surface area is 254 Å². The van der Waals surface area contributed by atoms with Crippen molar-refractivity contribution >= 4 is 0 Å². The summed E-state index contributed by atoms with van der Waals surface area (Å²) in [5.74, 6) is -0.313. The molecule has 3 fully saturated rings. The molecule has 3 aliphatic rings. The first-order chi connectivity index (χ1) is 21.6. The monoisotopic (exact) mass is 616 g/mol. The highest BCUT2D eigenvalue weighted by atomic mass is 19.4. The topological polar surface area (TPSA) is 80.9 Å². The van der Waals surface area contributed by atoms with Crippen LogP contribution in [0.25, 0.3) is 0 Å². The largest absolute Gasteiger partial charge is 0.429 e. The van der Waals surface area contributed by atoms with Gasteiger partial charge in [-0.05, 0) is 113 Å². The van der Waals surface area contributed by atoms with E-state index in [9.17, 15) is 46.8 Å². The summed E-state index contributed by atoms with van der Waals surface area (Å²) in [6.07, 6.45) is -5.93. The molecule has 4 N–H and O–H groups in total. The Bertz CT molecular complexity index is 1190. The minimum absolute atomic E-state index is 0.00110. The van der Waals surface area contributed by atoms with Gasteiger partial charge in [-0.2, -0.15) is 26.3 Å². The summed E-state index contributed by atoms with van der Waals surface area (Å²) in [6, 6.07) is 0. The van der Waals surface area contributed by atoms with Crippen molar-refractivity contribution in [3.05, 3.63) is 35.5 Å².